The first kappa shape index (κ1) is 23.0. The Hall–Kier alpha value is -3.16. The quantitative estimate of drug-likeness (QED) is 0.684. The Morgan fingerprint density at radius 1 is 0.939 bits per heavy atom. The highest BCUT2D eigenvalue weighted by molar-refractivity contribution is 6.45. The molecule has 2 aliphatic rings. The zero-order valence-electron chi connectivity index (χ0n) is 19.8. The van der Waals surface area contributed by atoms with Gasteiger partial charge in [-0.3, -0.25) is 14.5 Å². The Labute approximate surface area is 195 Å². The maximum Gasteiger partial charge on any atom is 0.282 e. The lowest BCUT2D eigenvalue weighted by molar-refractivity contribution is -0.120. The molecule has 7 nitrogen and oxygen atoms in total. The lowest BCUT2D eigenvalue weighted by Crippen LogP contribution is -2.48. The number of nitrogens with zero attached hydrogens (tertiary/aromatic N) is 4. The highest BCUT2D eigenvalue weighted by Crippen LogP contribution is 2.37. The Morgan fingerprint density at radius 3 is 2.30 bits per heavy atom. The first-order valence-electron chi connectivity index (χ1n) is 11.4. The fourth-order valence-corrected chi connectivity index (χ4v) is 4.63. The monoisotopic (exact) mass is 448 g/mol. The Bertz CT molecular complexity index is 1100. The lowest BCUT2D eigenvalue weighted by atomic mass is 9.97. The molecule has 0 spiro atoms. The van der Waals surface area contributed by atoms with Crippen LogP contribution in [0.4, 0.5) is 11.4 Å². The van der Waals surface area contributed by atoms with Crippen molar-refractivity contribution < 1.29 is 14.7 Å². The number of imide groups is 1. The minimum absolute atomic E-state index is 0.115. The molecule has 2 amide bonds. The molecule has 0 bridgehead atoms. The van der Waals surface area contributed by atoms with Gasteiger partial charge in [-0.15, -0.1) is 0 Å². The number of rotatable bonds is 6. The fourth-order valence-electron chi connectivity index (χ4n) is 4.63. The van der Waals surface area contributed by atoms with Crippen LogP contribution >= 0.6 is 0 Å². The van der Waals surface area contributed by atoms with Gasteiger partial charge in [-0.1, -0.05) is 29.8 Å². The number of aliphatic hydroxyl groups excluding tert-OH is 1. The van der Waals surface area contributed by atoms with Gasteiger partial charge in [-0.05, 0) is 43.2 Å². The van der Waals surface area contributed by atoms with Gasteiger partial charge in [0, 0.05) is 52.5 Å². The molecular formula is C26H32N4O3. The van der Waals surface area contributed by atoms with Crippen LogP contribution in [0, 0.1) is 13.8 Å². The second-order valence-electron chi connectivity index (χ2n) is 8.95. The van der Waals surface area contributed by atoms with E-state index in [0.717, 1.165) is 35.5 Å². The minimum atomic E-state index is -0.282. The third-order valence-corrected chi connectivity index (χ3v) is 6.42. The summed E-state index contributed by atoms with van der Waals surface area (Å²) in [5, 5.41) is 9.27. The third kappa shape index (κ3) is 4.38. The molecule has 0 aliphatic carbocycles. The zero-order valence-corrected chi connectivity index (χ0v) is 19.8. The van der Waals surface area contributed by atoms with Crippen LogP contribution in [0.5, 0.6) is 0 Å². The highest BCUT2D eigenvalue weighted by Gasteiger charge is 2.43. The standard InChI is InChI=1S/C26H32N4O3/c1-18-8-9-22(19(2)16-18)23-24(29-12-10-28(11-13-29)14-15-31)26(33)30(25(23)32)21-7-5-6-20(17-21)27(3)4/h5-9,16-17,31H,10-15H2,1-4H3. The van der Waals surface area contributed by atoms with E-state index >= 15 is 0 Å². The SMILES string of the molecule is Cc1ccc(C2=C(N3CCN(CCO)CC3)C(=O)N(c3cccc(N(C)C)c3)C2=O)c(C)c1. The molecule has 2 aromatic rings. The second kappa shape index (κ2) is 9.37. The van der Waals surface area contributed by atoms with Gasteiger partial charge in [0.2, 0.25) is 0 Å². The van der Waals surface area contributed by atoms with Crippen molar-refractivity contribution in [3.05, 3.63) is 64.9 Å². The maximum absolute atomic E-state index is 13.8. The Morgan fingerprint density at radius 2 is 1.67 bits per heavy atom. The van der Waals surface area contributed by atoms with Gasteiger partial charge < -0.3 is 14.9 Å². The molecule has 0 unspecified atom stereocenters. The van der Waals surface area contributed by atoms with Crippen molar-refractivity contribution in [2.75, 3.05) is 63.2 Å². The Balaban J connectivity index is 1.78. The van der Waals surface area contributed by atoms with Crippen molar-refractivity contribution in [3.8, 4) is 0 Å². The summed E-state index contributed by atoms with van der Waals surface area (Å²) in [6.07, 6.45) is 0. The first-order valence-corrected chi connectivity index (χ1v) is 11.4. The normalized spacial score (nSPS) is 17.4. The van der Waals surface area contributed by atoms with E-state index in [1.165, 1.54) is 4.90 Å². The van der Waals surface area contributed by atoms with Crippen molar-refractivity contribution >= 4 is 28.8 Å². The van der Waals surface area contributed by atoms with E-state index in [-0.39, 0.29) is 18.4 Å². The van der Waals surface area contributed by atoms with Crippen molar-refractivity contribution in [2.45, 2.75) is 13.8 Å². The largest absolute Gasteiger partial charge is 0.395 e. The summed E-state index contributed by atoms with van der Waals surface area (Å²) in [6.45, 7) is 7.48. The lowest BCUT2D eigenvalue weighted by Gasteiger charge is -2.36. The van der Waals surface area contributed by atoms with Crippen LogP contribution in [0.2, 0.25) is 0 Å². The summed E-state index contributed by atoms with van der Waals surface area (Å²) in [5.41, 5.74) is 5.35. The molecule has 2 heterocycles. The van der Waals surface area contributed by atoms with Crippen LogP contribution in [0.25, 0.3) is 5.57 Å². The summed E-state index contributed by atoms with van der Waals surface area (Å²) in [7, 11) is 3.87. The Kier molecular flexibility index (Phi) is 6.54. The summed E-state index contributed by atoms with van der Waals surface area (Å²) in [6, 6.07) is 13.5. The molecule has 33 heavy (non-hydrogen) atoms. The van der Waals surface area contributed by atoms with Gasteiger partial charge in [0.1, 0.15) is 5.70 Å². The first-order chi connectivity index (χ1) is 15.8. The van der Waals surface area contributed by atoms with Crippen molar-refractivity contribution in [1.29, 1.82) is 0 Å². The molecule has 174 valence electrons. The number of anilines is 2. The fraction of sp³-hybridized carbons (Fsp3) is 0.385. The molecule has 1 fully saturated rings. The molecule has 1 N–H and O–H groups in total. The average molecular weight is 449 g/mol. The second-order valence-corrected chi connectivity index (χ2v) is 8.95. The molecule has 7 heteroatoms. The number of benzene rings is 2. The van der Waals surface area contributed by atoms with Crippen molar-refractivity contribution in [2.24, 2.45) is 0 Å². The van der Waals surface area contributed by atoms with Gasteiger partial charge in [0.25, 0.3) is 11.8 Å². The molecule has 4 rings (SSSR count). The van der Waals surface area contributed by atoms with E-state index in [1.807, 2.05) is 80.2 Å². The molecule has 1 saturated heterocycles. The van der Waals surface area contributed by atoms with Crippen LogP contribution < -0.4 is 9.80 Å². The van der Waals surface area contributed by atoms with E-state index in [0.29, 0.717) is 36.6 Å². The third-order valence-electron chi connectivity index (χ3n) is 6.42. The molecule has 0 aromatic heterocycles. The number of carbonyl (C=O) groups is 2. The van der Waals surface area contributed by atoms with Gasteiger partial charge in [0.05, 0.1) is 17.9 Å². The van der Waals surface area contributed by atoms with Crippen LogP contribution in [0.3, 0.4) is 0 Å². The maximum atomic E-state index is 13.8. The van der Waals surface area contributed by atoms with E-state index in [2.05, 4.69) is 4.90 Å². The van der Waals surface area contributed by atoms with E-state index < -0.39 is 0 Å². The van der Waals surface area contributed by atoms with Crippen LogP contribution in [-0.4, -0.2) is 80.1 Å². The molecule has 0 radical (unpaired) electrons. The summed E-state index contributed by atoms with van der Waals surface area (Å²) >= 11 is 0. The highest BCUT2D eigenvalue weighted by atomic mass is 16.3. The number of aliphatic hydroxyl groups is 1. The van der Waals surface area contributed by atoms with Crippen LogP contribution in [0.1, 0.15) is 16.7 Å². The topological polar surface area (TPSA) is 67.3 Å². The van der Waals surface area contributed by atoms with Gasteiger partial charge in [-0.25, -0.2) is 4.90 Å². The number of hydrogen-bond acceptors (Lipinski definition) is 6. The number of amides is 2. The smallest absolute Gasteiger partial charge is 0.282 e. The molecule has 0 saturated carbocycles. The average Bonchev–Trinajstić information content (AvgIpc) is 3.04. The predicted molar refractivity (Wildman–Crippen MR) is 131 cm³/mol. The molecule has 0 atom stereocenters. The van der Waals surface area contributed by atoms with Gasteiger partial charge >= 0.3 is 0 Å². The molecular weight excluding hydrogens is 416 g/mol. The van der Waals surface area contributed by atoms with E-state index in [1.54, 1.807) is 0 Å². The summed E-state index contributed by atoms with van der Waals surface area (Å²) < 4.78 is 0. The minimum Gasteiger partial charge on any atom is -0.395 e. The zero-order chi connectivity index (χ0) is 23.7. The van der Waals surface area contributed by atoms with E-state index in [9.17, 15) is 14.7 Å². The number of piperazine rings is 1. The summed E-state index contributed by atoms with van der Waals surface area (Å²) in [4.78, 5) is 35.1. The van der Waals surface area contributed by atoms with Gasteiger partial charge in [-0.2, -0.15) is 0 Å². The van der Waals surface area contributed by atoms with Crippen LogP contribution in [0.15, 0.2) is 48.2 Å². The molecule has 2 aliphatic heterocycles. The molecule has 2 aromatic carbocycles. The van der Waals surface area contributed by atoms with Crippen molar-refractivity contribution in [3.63, 3.8) is 0 Å². The number of aryl methyl sites for hydroxylation is 2. The van der Waals surface area contributed by atoms with Gasteiger partial charge in [0.15, 0.2) is 0 Å². The number of carbonyl (C=O) groups excluding carboxylic acids is 2. The summed E-state index contributed by atoms with van der Waals surface area (Å²) in [5.74, 6) is -0.558. The van der Waals surface area contributed by atoms with Crippen molar-refractivity contribution in [1.82, 2.24) is 9.80 Å². The number of β-amino-alcohol motifs (C(OH)–C–C–N with tert-alkyl or cyclic N) is 1. The number of hydrogen-bond donors (Lipinski definition) is 1. The predicted octanol–water partition coefficient (Wildman–Crippen LogP) is 2.26. The van der Waals surface area contributed by atoms with Crippen LogP contribution in [-0.2, 0) is 9.59 Å². The van der Waals surface area contributed by atoms with E-state index in [4.69, 9.17) is 0 Å².